The molecule has 0 radical (unpaired) electrons. The van der Waals surface area contributed by atoms with Crippen molar-refractivity contribution < 1.29 is 0 Å². The van der Waals surface area contributed by atoms with Crippen LogP contribution in [-0.4, -0.2) is 25.0 Å². The van der Waals surface area contributed by atoms with Crippen molar-refractivity contribution in [3.8, 4) is 0 Å². The van der Waals surface area contributed by atoms with Crippen molar-refractivity contribution in [1.82, 2.24) is 4.90 Å². The molecule has 10 heavy (non-hydrogen) atoms. The summed E-state index contributed by atoms with van der Waals surface area (Å²) in [6, 6.07) is 0.414. The molecule has 0 bridgehead atoms. The molecule has 0 fully saturated rings. The Hall–Kier alpha value is -0.560. The Kier molecular flexibility index (Phi) is 4.05. The lowest BCUT2D eigenvalue weighted by molar-refractivity contribution is 0.297. The Bertz CT molecular complexity index is 116. The summed E-state index contributed by atoms with van der Waals surface area (Å²) in [7, 11) is 4.10. The van der Waals surface area contributed by atoms with Crippen LogP contribution in [-0.2, 0) is 0 Å². The molecule has 0 heterocycles. The summed E-state index contributed by atoms with van der Waals surface area (Å²) in [5, 5.41) is 0. The molecule has 0 saturated carbocycles. The van der Waals surface area contributed by atoms with E-state index in [1.807, 2.05) is 26.2 Å². The van der Waals surface area contributed by atoms with Gasteiger partial charge in [0.2, 0.25) is 0 Å². The van der Waals surface area contributed by atoms with Crippen molar-refractivity contribution in [2.45, 2.75) is 13.0 Å². The Balaban J connectivity index is 4.04. The number of hydrogen-bond donors (Lipinski definition) is 0. The van der Waals surface area contributed by atoms with E-state index in [4.69, 9.17) is 0 Å². The zero-order valence-corrected chi connectivity index (χ0v) is 7.17. The van der Waals surface area contributed by atoms with Gasteiger partial charge in [0.05, 0.1) is 0 Å². The van der Waals surface area contributed by atoms with Gasteiger partial charge in [-0.1, -0.05) is 19.1 Å². The quantitative estimate of drug-likeness (QED) is 0.538. The molecule has 0 aliphatic carbocycles. The Morgan fingerprint density at radius 2 is 1.70 bits per heavy atom. The van der Waals surface area contributed by atoms with E-state index in [0.717, 1.165) is 0 Å². The van der Waals surface area contributed by atoms with Gasteiger partial charge in [-0.05, 0) is 20.0 Å². The average Bonchev–Trinajstić information content (AvgIpc) is 1.88. The predicted octanol–water partition coefficient (Wildman–Crippen LogP) is 1.92. The summed E-state index contributed by atoms with van der Waals surface area (Å²) >= 11 is 0. The van der Waals surface area contributed by atoms with E-state index in [1.54, 1.807) is 0 Å². The van der Waals surface area contributed by atoms with Gasteiger partial charge < -0.3 is 4.90 Å². The van der Waals surface area contributed by atoms with Crippen molar-refractivity contribution in [1.29, 1.82) is 0 Å². The van der Waals surface area contributed by atoms with Crippen LogP contribution in [0.1, 0.15) is 6.92 Å². The van der Waals surface area contributed by atoms with Crippen molar-refractivity contribution in [2.75, 3.05) is 14.1 Å². The summed E-state index contributed by atoms with van der Waals surface area (Å²) < 4.78 is 0. The molecule has 2 atom stereocenters. The molecular weight excluding hydrogens is 122 g/mol. The van der Waals surface area contributed by atoms with Crippen molar-refractivity contribution >= 4 is 0 Å². The molecule has 1 heteroatoms. The number of hydrogen-bond acceptors (Lipinski definition) is 1. The largest absolute Gasteiger partial charge is 0.302 e. The Morgan fingerprint density at radius 3 is 1.80 bits per heavy atom. The fourth-order valence-electron chi connectivity index (χ4n) is 1.04. The maximum absolute atomic E-state index is 3.76. The van der Waals surface area contributed by atoms with E-state index in [9.17, 15) is 0 Å². The van der Waals surface area contributed by atoms with Gasteiger partial charge in [-0.2, -0.15) is 0 Å². The Morgan fingerprint density at radius 1 is 1.20 bits per heavy atom. The SMILES string of the molecule is C=CC(C)C(C=C)N(C)C. The maximum Gasteiger partial charge on any atom is 0.0329 e. The summed E-state index contributed by atoms with van der Waals surface area (Å²) in [6.45, 7) is 9.64. The van der Waals surface area contributed by atoms with Crippen molar-refractivity contribution in [2.24, 2.45) is 5.92 Å². The molecule has 0 amide bonds. The van der Waals surface area contributed by atoms with Crippen LogP contribution in [0.2, 0.25) is 0 Å². The van der Waals surface area contributed by atoms with Crippen molar-refractivity contribution in [3.05, 3.63) is 25.3 Å². The Labute approximate surface area is 64.0 Å². The van der Waals surface area contributed by atoms with Crippen LogP contribution >= 0.6 is 0 Å². The summed E-state index contributed by atoms with van der Waals surface area (Å²) in [5.41, 5.74) is 0. The minimum absolute atomic E-state index is 0.414. The lowest BCUT2D eigenvalue weighted by Gasteiger charge is -2.24. The standard InChI is InChI=1S/C9H17N/c1-6-8(3)9(7-2)10(4)5/h6-9H,1-2H2,3-5H3. The average molecular weight is 139 g/mol. The zero-order chi connectivity index (χ0) is 8.15. The molecule has 1 nitrogen and oxygen atoms in total. The van der Waals surface area contributed by atoms with Crippen LogP contribution < -0.4 is 0 Å². The second kappa shape index (κ2) is 4.29. The fourth-order valence-corrected chi connectivity index (χ4v) is 1.04. The molecule has 0 aliphatic rings. The van der Waals surface area contributed by atoms with E-state index in [-0.39, 0.29) is 0 Å². The molecule has 0 aromatic heterocycles. The molecule has 0 N–H and O–H groups in total. The maximum atomic E-state index is 3.76. The summed E-state index contributed by atoms with van der Waals surface area (Å²) in [4.78, 5) is 2.14. The van der Waals surface area contributed by atoms with Gasteiger partial charge in [-0.15, -0.1) is 13.2 Å². The molecular formula is C9H17N. The normalized spacial score (nSPS) is 16.4. The van der Waals surface area contributed by atoms with E-state index in [1.165, 1.54) is 0 Å². The van der Waals surface area contributed by atoms with Gasteiger partial charge in [-0.25, -0.2) is 0 Å². The van der Waals surface area contributed by atoms with Gasteiger partial charge in [-0.3, -0.25) is 0 Å². The number of likely N-dealkylation sites (N-methyl/N-ethyl adjacent to an activating group) is 1. The lowest BCUT2D eigenvalue weighted by Crippen LogP contribution is -2.30. The third kappa shape index (κ3) is 2.36. The van der Waals surface area contributed by atoms with Crippen LogP contribution in [0.15, 0.2) is 25.3 Å². The number of rotatable bonds is 4. The monoisotopic (exact) mass is 139 g/mol. The first-order valence-corrected chi connectivity index (χ1v) is 3.55. The highest BCUT2D eigenvalue weighted by atomic mass is 15.1. The van der Waals surface area contributed by atoms with E-state index >= 15 is 0 Å². The van der Waals surface area contributed by atoms with Crippen LogP contribution in [0.25, 0.3) is 0 Å². The van der Waals surface area contributed by atoms with E-state index in [0.29, 0.717) is 12.0 Å². The molecule has 0 aliphatic heterocycles. The van der Waals surface area contributed by atoms with E-state index in [2.05, 4.69) is 25.0 Å². The van der Waals surface area contributed by atoms with Crippen LogP contribution in [0.3, 0.4) is 0 Å². The van der Waals surface area contributed by atoms with Gasteiger partial charge in [0, 0.05) is 6.04 Å². The first-order valence-electron chi connectivity index (χ1n) is 3.55. The van der Waals surface area contributed by atoms with Gasteiger partial charge >= 0.3 is 0 Å². The predicted molar refractivity (Wildman–Crippen MR) is 47.0 cm³/mol. The second-order valence-corrected chi connectivity index (χ2v) is 2.78. The summed E-state index contributed by atoms with van der Waals surface area (Å²) in [5.74, 6) is 0.479. The highest BCUT2D eigenvalue weighted by Crippen LogP contribution is 2.09. The minimum atomic E-state index is 0.414. The number of nitrogens with zero attached hydrogens (tertiary/aromatic N) is 1. The molecule has 2 unspecified atom stereocenters. The summed E-state index contributed by atoms with van der Waals surface area (Å²) in [6.07, 6.45) is 3.90. The lowest BCUT2D eigenvalue weighted by atomic mass is 10.0. The molecule has 58 valence electrons. The molecule has 0 saturated heterocycles. The zero-order valence-electron chi connectivity index (χ0n) is 7.17. The topological polar surface area (TPSA) is 3.24 Å². The third-order valence-corrected chi connectivity index (χ3v) is 1.75. The second-order valence-electron chi connectivity index (χ2n) is 2.78. The third-order valence-electron chi connectivity index (χ3n) is 1.75. The van der Waals surface area contributed by atoms with Crippen molar-refractivity contribution in [3.63, 3.8) is 0 Å². The first-order chi connectivity index (χ1) is 4.63. The molecule has 0 aromatic rings. The minimum Gasteiger partial charge on any atom is -0.302 e. The van der Waals surface area contributed by atoms with Crippen LogP contribution in [0.4, 0.5) is 0 Å². The highest BCUT2D eigenvalue weighted by molar-refractivity contribution is 4.95. The molecule has 0 rings (SSSR count). The van der Waals surface area contributed by atoms with Gasteiger partial charge in [0.15, 0.2) is 0 Å². The van der Waals surface area contributed by atoms with Crippen LogP contribution in [0, 0.1) is 5.92 Å². The molecule has 0 aromatic carbocycles. The van der Waals surface area contributed by atoms with E-state index < -0.39 is 0 Å². The fraction of sp³-hybridized carbons (Fsp3) is 0.556. The van der Waals surface area contributed by atoms with Gasteiger partial charge in [0.25, 0.3) is 0 Å². The smallest absolute Gasteiger partial charge is 0.0329 e. The molecule has 0 spiro atoms. The van der Waals surface area contributed by atoms with Crippen LogP contribution in [0.5, 0.6) is 0 Å². The first kappa shape index (κ1) is 9.44. The van der Waals surface area contributed by atoms with Gasteiger partial charge in [0.1, 0.15) is 0 Å². The highest BCUT2D eigenvalue weighted by Gasteiger charge is 2.11.